The molecule has 3 heteroatoms. The molecule has 0 radical (unpaired) electrons. The van der Waals surface area contributed by atoms with E-state index in [2.05, 4.69) is 44.7 Å². The molecule has 0 fully saturated rings. The van der Waals surface area contributed by atoms with E-state index in [1.165, 1.54) is 23.8 Å². The summed E-state index contributed by atoms with van der Waals surface area (Å²) < 4.78 is 5.01. The van der Waals surface area contributed by atoms with Crippen LogP contribution in [-0.2, 0) is 13.8 Å². The van der Waals surface area contributed by atoms with Crippen LogP contribution in [0.2, 0.25) is 5.32 Å². The molecule has 0 amide bonds. The van der Waals surface area contributed by atoms with E-state index in [-0.39, 0.29) is 16.2 Å². The Morgan fingerprint density at radius 2 is 2.05 bits per heavy atom. The Hall–Kier alpha value is -1.31. The van der Waals surface area contributed by atoms with Crippen LogP contribution in [0.3, 0.4) is 0 Å². The van der Waals surface area contributed by atoms with E-state index in [4.69, 9.17) is 4.74 Å². The number of rotatable bonds is 5. The van der Waals surface area contributed by atoms with Gasteiger partial charge in [0, 0.05) is 0 Å². The van der Waals surface area contributed by atoms with Crippen LogP contribution in [-0.4, -0.2) is 28.0 Å². The topological polar surface area (TPSA) is 26.3 Å². The van der Waals surface area contributed by atoms with Crippen molar-refractivity contribution in [1.29, 1.82) is 0 Å². The van der Waals surface area contributed by atoms with E-state index < -0.39 is 0 Å². The zero-order chi connectivity index (χ0) is 16.2. The summed E-state index contributed by atoms with van der Waals surface area (Å²) in [5.41, 5.74) is 4.16. The quantitative estimate of drug-likeness (QED) is 0.447. The van der Waals surface area contributed by atoms with Gasteiger partial charge in [0.05, 0.1) is 0 Å². The second-order valence-corrected chi connectivity index (χ2v) is 8.62. The Kier molecular flexibility index (Phi) is 5.66. The van der Waals surface area contributed by atoms with Crippen molar-refractivity contribution in [2.75, 3.05) is 7.11 Å². The first kappa shape index (κ1) is 17.0. The molecule has 0 saturated carbocycles. The molecule has 0 aliphatic carbocycles. The minimum atomic E-state index is -0.152. The van der Waals surface area contributed by atoms with Crippen LogP contribution < -0.4 is 0 Å². The Bertz CT molecular complexity index is 576. The van der Waals surface area contributed by atoms with Gasteiger partial charge in [0.2, 0.25) is 0 Å². The van der Waals surface area contributed by atoms with Crippen molar-refractivity contribution in [1.82, 2.24) is 0 Å². The van der Waals surface area contributed by atoms with E-state index in [1.54, 1.807) is 0 Å². The van der Waals surface area contributed by atoms with Gasteiger partial charge >= 0.3 is 140 Å². The molecule has 0 spiro atoms. The molecule has 0 aromatic heterocycles. The van der Waals surface area contributed by atoms with Crippen molar-refractivity contribution in [3.05, 3.63) is 59.7 Å². The van der Waals surface area contributed by atoms with Gasteiger partial charge in [-0.3, -0.25) is 0 Å². The van der Waals surface area contributed by atoms with Crippen LogP contribution in [0.5, 0.6) is 0 Å². The maximum atomic E-state index is 12.5. The third-order valence-electron chi connectivity index (χ3n) is 4.52. The summed E-state index contributed by atoms with van der Waals surface area (Å²) in [7, 11) is 1.49. The minimum absolute atomic E-state index is 0.113. The van der Waals surface area contributed by atoms with Crippen LogP contribution >= 0.6 is 0 Å². The SMILES string of the molecule is C=CCC(C(=O)OC)C1(c2ccccc2)CC(C)=C(C)C[Se]1. The fraction of sp³-hybridized carbons (Fsp3) is 0.421. The van der Waals surface area contributed by atoms with Crippen LogP contribution in [0, 0.1) is 5.92 Å². The number of hydrogen-bond acceptors (Lipinski definition) is 2. The zero-order valence-electron chi connectivity index (χ0n) is 13.6. The fourth-order valence-corrected chi connectivity index (χ4v) is 6.71. The summed E-state index contributed by atoms with van der Waals surface area (Å²) in [6, 6.07) is 10.5. The van der Waals surface area contributed by atoms with Crippen molar-refractivity contribution in [3.63, 3.8) is 0 Å². The number of hydrogen-bond donors (Lipinski definition) is 0. The Labute approximate surface area is 139 Å². The van der Waals surface area contributed by atoms with Crippen molar-refractivity contribution < 1.29 is 9.53 Å². The molecular formula is C19H24O2Se. The average molecular weight is 363 g/mol. The molecule has 1 aliphatic heterocycles. The normalized spacial score (nSPS) is 23.0. The van der Waals surface area contributed by atoms with Crippen molar-refractivity contribution in [3.8, 4) is 0 Å². The molecule has 1 aromatic carbocycles. The molecule has 2 rings (SSSR count). The van der Waals surface area contributed by atoms with Crippen LogP contribution in [0.15, 0.2) is 54.1 Å². The van der Waals surface area contributed by atoms with Crippen LogP contribution in [0.25, 0.3) is 0 Å². The van der Waals surface area contributed by atoms with Gasteiger partial charge < -0.3 is 0 Å². The van der Waals surface area contributed by atoms with E-state index in [9.17, 15) is 4.79 Å². The van der Waals surface area contributed by atoms with E-state index in [0.29, 0.717) is 21.4 Å². The van der Waals surface area contributed by atoms with Gasteiger partial charge in [-0.1, -0.05) is 0 Å². The Morgan fingerprint density at radius 3 is 2.59 bits per heavy atom. The summed E-state index contributed by atoms with van der Waals surface area (Å²) in [6.07, 6.45) is 3.45. The standard InChI is InChI=1S/C19H24O2Se/c1-5-9-17(18(20)21-4)19(16-10-7-6-8-11-16)12-14(2)15(3)13-22-19/h5-8,10-11,17H,1,9,12-13H2,2-4H3. The van der Waals surface area contributed by atoms with E-state index in [1.807, 2.05) is 12.1 Å². The molecule has 2 atom stereocenters. The van der Waals surface area contributed by atoms with Gasteiger partial charge in [0.15, 0.2) is 0 Å². The molecule has 22 heavy (non-hydrogen) atoms. The van der Waals surface area contributed by atoms with Gasteiger partial charge in [-0.15, -0.1) is 0 Å². The third-order valence-corrected chi connectivity index (χ3v) is 8.20. The summed E-state index contributed by atoms with van der Waals surface area (Å²) in [5, 5.41) is 1.10. The second kappa shape index (κ2) is 7.30. The molecule has 1 aromatic rings. The maximum absolute atomic E-state index is 12.5. The molecular weight excluding hydrogens is 339 g/mol. The predicted octanol–water partition coefficient (Wildman–Crippen LogP) is 4.11. The van der Waals surface area contributed by atoms with E-state index in [0.717, 1.165) is 11.7 Å². The molecule has 1 heterocycles. The number of ether oxygens (including phenoxy) is 1. The fourth-order valence-electron chi connectivity index (χ4n) is 3.07. The molecule has 2 nitrogen and oxygen atoms in total. The van der Waals surface area contributed by atoms with Gasteiger partial charge in [-0.2, -0.15) is 0 Å². The molecule has 2 unspecified atom stereocenters. The number of esters is 1. The summed E-state index contributed by atoms with van der Waals surface area (Å²) >= 11 is 0.319. The summed E-state index contributed by atoms with van der Waals surface area (Å²) in [6.45, 7) is 8.27. The molecule has 118 valence electrons. The first-order chi connectivity index (χ1) is 10.5. The Balaban J connectivity index is 2.55. The summed E-state index contributed by atoms with van der Waals surface area (Å²) in [4.78, 5) is 12.5. The van der Waals surface area contributed by atoms with Gasteiger partial charge in [-0.25, -0.2) is 0 Å². The molecule has 0 saturated heterocycles. The van der Waals surface area contributed by atoms with Crippen molar-refractivity contribution in [2.24, 2.45) is 5.92 Å². The first-order valence-electron chi connectivity index (χ1n) is 7.58. The number of allylic oxidation sites excluding steroid dienone is 3. The Morgan fingerprint density at radius 1 is 1.36 bits per heavy atom. The van der Waals surface area contributed by atoms with Crippen molar-refractivity contribution in [2.45, 2.75) is 36.3 Å². The second-order valence-electron chi connectivity index (χ2n) is 5.88. The van der Waals surface area contributed by atoms with Gasteiger partial charge in [0.25, 0.3) is 0 Å². The van der Waals surface area contributed by atoms with Gasteiger partial charge in [-0.05, 0) is 0 Å². The third kappa shape index (κ3) is 3.21. The van der Waals surface area contributed by atoms with Crippen LogP contribution in [0.1, 0.15) is 32.3 Å². The molecule has 0 bridgehead atoms. The first-order valence-corrected chi connectivity index (χ1v) is 9.65. The van der Waals surface area contributed by atoms with Gasteiger partial charge in [0.1, 0.15) is 0 Å². The van der Waals surface area contributed by atoms with Crippen LogP contribution in [0.4, 0.5) is 0 Å². The average Bonchev–Trinajstić information content (AvgIpc) is 2.55. The number of methoxy groups -OCH3 is 1. The molecule has 0 N–H and O–H groups in total. The summed E-state index contributed by atoms with van der Waals surface area (Å²) in [5.74, 6) is -0.265. The monoisotopic (exact) mass is 364 g/mol. The number of benzene rings is 1. The zero-order valence-corrected chi connectivity index (χ0v) is 15.3. The van der Waals surface area contributed by atoms with Crippen molar-refractivity contribution >= 4 is 20.9 Å². The number of carbonyl (C=O) groups excluding carboxylic acids is 1. The number of carbonyl (C=O) groups is 1. The molecule has 1 aliphatic rings. The van der Waals surface area contributed by atoms with E-state index >= 15 is 0 Å². The predicted molar refractivity (Wildman–Crippen MR) is 92.0 cm³/mol.